The molecule has 0 saturated carbocycles. The van der Waals surface area contributed by atoms with Gasteiger partial charge in [-0.05, 0) is 30.3 Å². The van der Waals surface area contributed by atoms with E-state index >= 15 is 0 Å². The van der Waals surface area contributed by atoms with Crippen LogP contribution in [0.15, 0.2) is 42.5 Å². The van der Waals surface area contributed by atoms with Gasteiger partial charge in [-0.2, -0.15) is 13.2 Å². The highest BCUT2D eigenvalue weighted by atomic mass is 35.5. The Labute approximate surface area is 124 Å². The van der Waals surface area contributed by atoms with E-state index in [4.69, 9.17) is 23.2 Å². The molecular weight excluding hydrogens is 310 g/mol. The fraction of sp³-hybridized carbons (Fsp3) is 0.143. The number of hydrogen-bond donors (Lipinski definition) is 1. The molecule has 0 bridgehead atoms. The van der Waals surface area contributed by atoms with Gasteiger partial charge in [-0.15, -0.1) is 0 Å². The second-order valence-corrected chi connectivity index (χ2v) is 4.95. The highest BCUT2D eigenvalue weighted by Crippen LogP contribution is 2.31. The minimum Gasteiger partial charge on any atom is -0.381 e. The van der Waals surface area contributed by atoms with Gasteiger partial charge >= 0.3 is 6.18 Å². The van der Waals surface area contributed by atoms with E-state index in [1.54, 1.807) is 24.3 Å². The van der Waals surface area contributed by atoms with E-state index in [-0.39, 0.29) is 6.54 Å². The van der Waals surface area contributed by atoms with Crippen molar-refractivity contribution in [3.8, 4) is 0 Å². The molecule has 0 fully saturated rings. The van der Waals surface area contributed by atoms with Crippen molar-refractivity contribution in [1.29, 1.82) is 0 Å². The summed E-state index contributed by atoms with van der Waals surface area (Å²) in [6, 6.07) is 10.0. The van der Waals surface area contributed by atoms with Gasteiger partial charge in [0, 0.05) is 27.8 Å². The van der Waals surface area contributed by atoms with E-state index < -0.39 is 11.7 Å². The van der Waals surface area contributed by atoms with E-state index in [0.29, 0.717) is 21.3 Å². The molecule has 1 N–H and O–H groups in total. The third-order valence-corrected chi connectivity index (χ3v) is 3.43. The van der Waals surface area contributed by atoms with E-state index in [1.165, 1.54) is 6.07 Å². The third kappa shape index (κ3) is 3.58. The molecule has 20 heavy (non-hydrogen) atoms. The third-order valence-electron chi connectivity index (χ3n) is 2.72. The second-order valence-electron chi connectivity index (χ2n) is 4.13. The number of benzene rings is 2. The standard InChI is InChI=1S/C14H10Cl2F3N/c15-12-5-2-6-13(16)11(12)8-20-10-4-1-3-9(7-10)14(17,18)19/h1-7,20H,8H2. The first-order valence-corrected chi connectivity index (χ1v) is 6.47. The monoisotopic (exact) mass is 319 g/mol. The minimum absolute atomic E-state index is 0.250. The zero-order valence-corrected chi connectivity index (χ0v) is 11.7. The van der Waals surface area contributed by atoms with Crippen LogP contribution in [0.5, 0.6) is 0 Å². The van der Waals surface area contributed by atoms with Crippen LogP contribution >= 0.6 is 23.2 Å². The van der Waals surface area contributed by atoms with Crippen molar-refractivity contribution in [2.24, 2.45) is 0 Å². The molecule has 0 aliphatic heterocycles. The lowest BCUT2D eigenvalue weighted by atomic mass is 10.1. The van der Waals surface area contributed by atoms with E-state index in [9.17, 15) is 13.2 Å². The molecule has 6 heteroatoms. The Morgan fingerprint density at radius 2 is 1.55 bits per heavy atom. The molecule has 0 spiro atoms. The highest BCUT2D eigenvalue weighted by molar-refractivity contribution is 6.36. The van der Waals surface area contributed by atoms with Crippen molar-refractivity contribution in [3.63, 3.8) is 0 Å². The number of rotatable bonds is 3. The summed E-state index contributed by atoms with van der Waals surface area (Å²) in [7, 11) is 0. The van der Waals surface area contributed by atoms with Crippen molar-refractivity contribution in [2.75, 3.05) is 5.32 Å². The minimum atomic E-state index is -4.36. The van der Waals surface area contributed by atoms with Gasteiger partial charge in [0.25, 0.3) is 0 Å². The Morgan fingerprint density at radius 3 is 2.15 bits per heavy atom. The predicted molar refractivity (Wildman–Crippen MR) is 75.2 cm³/mol. The largest absolute Gasteiger partial charge is 0.416 e. The molecule has 2 rings (SSSR count). The first-order chi connectivity index (χ1) is 9.38. The molecule has 0 aliphatic carbocycles. The van der Waals surface area contributed by atoms with Crippen molar-refractivity contribution < 1.29 is 13.2 Å². The van der Waals surface area contributed by atoms with Crippen LogP contribution in [-0.4, -0.2) is 0 Å². The normalized spacial score (nSPS) is 11.4. The lowest BCUT2D eigenvalue weighted by molar-refractivity contribution is -0.137. The van der Waals surface area contributed by atoms with E-state index in [2.05, 4.69) is 5.32 Å². The summed E-state index contributed by atoms with van der Waals surface area (Å²) in [4.78, 5) is 0. The Bertz CT molecular complexity index is 591. The van der Waals surface area contributed by atoms with Crippen LogP contribution in [0.2, 0.25) is 10.0 Å². The zero-order valence-electron chi connectivity index (χ0n) is 10.1. The van der Waals surface area contributed by atoms with Gasteiger partial charge in [0.15, 0.2) is 0 Å². The Balaban J connectivity index is 2.16. The summed E-state index contributed by atoms with van der Waals surface area (Å²) in [6.07, 6.45) is -4.36. The summed E-state index contributed by atoms with van der Waals surface area (Å²) in [5.41, 5.74) is 0.303. The molecule has 106 valence electrons. The lowest BCUT2D eigenvalue weighted by Crippen LogP contribution is -2.06. The van der Waals surface area contributed by atoms with Gasteiger partial charge in [0.05, 0.1) is 5.56 Å². The van der Waals surface area contributed by atoms with Crippen LogP contribution in [0.4, 0.5) is 18.9 Å². The molecule has 1 nitrogen and oxygen atoms in total. The van der Waals surface area contributed by atoms with Crippen molar-refractivity contribution in [3.05, 3.63) is 63.6 Å². The van der Waals surface area contributed by atoms with Crippen LogP contribution < -0.4 is 5.32 Å². The van der Waals surface area contributed by atoms with Gasteiger partial charge in [0.2, 0.25) is 0 Å². The Hall–Kier alpha value is -1.39. The van der Waals surface area contributed by atoms with Gasteiger partial charge in [-0.3, -0.25) is 0 Å². The van der Waals surface area contributed by atoms with Crippen molar-refractivity contribution in [2.45, 2.75) is 12.7 Å². The van der Waals surface area contributed by atoms with Gasteiger partial charge in [-0.1, -0.05) is 35.3 Å². The fourth-order valence-corrected chi connectivity index (χ4v) is 2.23. The van der Waals surface area contributed by atoms with Crippen molar-refractivity contribution in [1.82, 2.24) is 0 Å². The number of anilines is 1. The quantitative estimate of drug-likeness (QED) is 0.773. The summed E-state index contributed by atoms with van der Waals surface area (Å²) in [5.74, 6) is 0. The number of halogens is 5. The molecule has 0 saturated heterocycles. The predicted octanol–water partition coefficient (Wildman–Crippen LogP) is 5.62. The maximum absolute atomic E-state index is 12.6. The molecule has 0 aromatic heterocycles. The van der Waals surface area contributed by atoms with Gasteiger partial charge in [0.1, 0.15) is 0 Å². The number of nitrogens with one attached hydrogen (secondary N) is 1. The molecule has 0 amide bonds. The average Bonchev–Trinajstić information content (AvgIpc) is 2.37. The first-order valence-electron chi connectivity index (χ1n) is 5.72. The van der Waals surface area contributed by atoms with Crippen LogP contribution in [0.3, 0.4) is 0 Å². The van der Waals surface area contributed by atoms with Gasteiger partial charge in [-0.25, -0.2) is 0 Å². The fourth-order valence-electron chi connectivity index (χ4n) is 1.70. The van der Waals surface area contributed by atoms with Crippen LogP contribution in [0, 0.1) is 0 Å². The number of hydrogen-bond acceptors (Lipinski definition) is 1. The highest BCUT2D eigenvalue weighted by Gasteiger charge is 2.30. The topological polar surface area (TPSA) is 12.0 Å². The molecule has 0 radical (unpaired) electrons. The average molecular weight is 320 g/mol. The van der Waals surface area contributed by atoms with Crippen molar-refractivity contribution >= 4 is 28.9 Å². The molecule has 0 heterocycles. The summed E-state index contributed by atoms with van der Waals surface area (Å²) >= 11 is 12.0. The molecule has 2 aromatic carbocycles. The maximum Gasteiger partial charge on any atom is 0.416 e. The zero-order chi connectivity index (χ0) is 14.8. The number of alkyl halides is 3. The molecule has 0 unspecified atom stereocenters. The Kier molecular flexibility index (Phi) is 4.45. The molecular formula is C14H10Cl2F3N. The maximum atomic E-state index is 12.6. The summed E-state index contributed by atoms with van der Waals surface area (Å²) in [6.45, 7) is 0.250. The smallest absolute Gasteiger partial charge is 0.381 e. The van der Waals surface area contributed by atoms with Crippen LogP contribution in [0.25, 0.3) is 0 Å². The molecule has 2 aromatic rings. The lowest BCUT2D eigenvalue weighted by Gasteiger charge is -2.12. The SMILES string of the molecule is FC(F)(F)c1cccc(NCc2c(Cl)cccc2Cl)c1. The van der Waals surface area contributed by atoms with E-state index in [1.807, 2.05) is 0 Å². The molecule has 0 atom stereocenters. The van der Waals surface area contributed by atoms with Gasteiger partial charge < -0.3 is 5.32 Å². The summed E-state index contributed by atoms with van der Waals surface area (Å²) in [5, 5.41) is 3.83. The Morgan fingerprint density at radius 1 is 0.950 bits per heavy atom. The van der Waals surface area contributed by atoms with Crippen LogP contribution in [0.1, 0.15) is 11.1 Å². The van der Waals surface area contributed by atoms with E-state index in [0.717, 1.165) is 12.1 Å². The second kappa shape index (κ2) is 5.94. The van der Waals surface area contributed by atoms with Crippen LogP contribution in [-0.2, 0) is 12.7 Å². The molecule has 0 aliphatic rings. The summed E-state index contributed by atoms with van der Waals surface area (Å²) < 4.78 is 37.8. The first kappa shape index (κ1) is 15.0.